The van der Waals surface area contributed by atoms with Crippen molar-refractivity contribution in [2.75, 3.05) is 4.90 Å². The summed E-state index contributed by atoms with van der Waals surface area (Å²) >= 11 is 1.83. The van der Waals surface area contributed by atoms with Gasteiger partial charge in [0, 0.05) is 70.7 Å². The molecule has 12 aromatic rings. The Morgan fingerprint density at radius 3 is 2.02 bits per heavy atom. The van der Waals surface area contributed by atoms with E-state index in [0.717, 1.165) is 66.9 Å². The molecule has 0 saturated heterocycles. The second-order valence-corrected chi connectivity index (χ2v) is 15.0. The molecule has 4 aromatic heterocycles. The highest BCUT2D eigenvalue weighted by Crippen LogP contribution is 2.45. The monoisotopic (exact) mass is 723 g/mol. The predicted octanol–water partition coefficient (Wildman–Crippen LogP) is 14.3. The van der Waals surface area contributed by atoms with E-state index in [1.54, 1.807) is 0 Å². The van der Waals surface area contributed by atoms with Gasteiger partial charge in [-0.05, 0) is 97.1 Å². The van der Waals surface area contributed by atoms with Gasteiger partial charge in [0.25, 0.3) is 0 Å². The largest absolute Gasteiger partial charge is 0.456 e. The standard InChI is InChI=1S/C49H29N3O2S/c1-3-11-30(12-4-1)49-50-40-23-25-43-47(48(40)54-49)37-22-19-34(29-44(37)53-43)51(33-21-26-46-39(28-33)36-16-8-10-18-45(36)55-46)32-20-24-42-38(27-32)35-15-7-9-17-41(35)52(42)31-13-5-2-6-14-31/h1-29H. The van der Waals surface area contributed by atoms with Crippen LogP contribution in [-0.2, 0) is 0 Å². The van der Waals surface area contributed by atoms with Crippen LogP contribution in [0.25, 0.3) is 92.2 Å². The van der Waals surface area contributed by atoms with E-state index in [9.17, 15) is 0 Å². The molecule has 0 spiro atoms. The molecule has 0 atom stereocenters. The predicted molar refractivity (Wildman–Crippen MR) is 229 cm³/mol. The van der Waals surface area contributed by atoms with Gasteiger partial charge in [0.1, 0.15) is 16.7 Å². The van der Waals surface area contributed by atoms with Crippen LogP contribution in [0.3, 0.4) is 0 Å². The molecule has 0 aliphatic carbocycles. The number of benzene rings is 8. The Labute approximate surface area is 318 Å². The maximum absolute atomic E-state index is 6.62. The van der Waals surface area contributed by atoms with Crippen LogP contribution in [0.5, 0.6) is 0 Å². The molecule has 0 aliphatic heterocycles. The first-order valence-electron chi connectivity index (χ1n) is 18.4. The molecular weight excluding hydrogens is 695 g/mol. The normalized spacial score (nSPS) is 12.0. The van der Waals surface area contributed by atoms with Crippen molar-refractivity contribution < 1.29 is 8.83 Å². The summed E-state index contributed by atoms with van der Waals surface area (Å²) in [6, 6.07) is 62.1. The summed E-state index contributed by atoms with van der Waals surface area (Å²) in [7, 11) is 0. The van der Waals surface area contributed by atoms with Gasteiger partial charge in [-0.3, -0.25) is 0 Å². The third-order valence-electron chi connectivity index (χ3n) is 10.8. The maximum Gasteiger partial charge on any atom is 0.227 e. The molecule has 0 amide bonds. The fraction of sp³-hybridized carbons (Fsp3) is 0. The number of thiophene rings is 1. The fourth-order valence-electron chi connectivity index (χ4n) is 8.33. The Kier molecular flexibility index (Phi) is 6.44. The molecule has 0 radical (unpaired) electrons. The van der Waals surface area contributed by atoms with E-state index in [-0.39, 0.29) is 0 Å². The molecule has 0 saturated carbocycles. The number of aromatic nitrogens is 2. The zero-order chi connectivity index (χ0) is 36.0. The van der Waals surface area contributed by atoms with Crippen molar-refractivity contribution in [2.24, 2.45) is 0 Å². The van der Waals surface area contributed by atoms with Crippen LogP contribution < -0.4 is 4.90 Å². The van der Waals surface area contributed by atoms with Crippen LogP contribution >= 0.6 is 11.3 Å². The third-order valence-corrected chi connectivity index (χ3v) is 12.0. The lowest BCUT2D eigenvalue weighted by molar-refractivity contribution is 0.622. The minimum Gasteiger partial charge on any atom is -0.456 e. The van der Waals surface area contributed by atoms with Gasteiger partial charge in [0.15, 0.2) is 5.58 Å². The quantitative estimate of drug-likeness (QED) is 0.177. The van der Waals surface area contributed by atoms with Gasteiger partial charge in [-0.25, -0.2) is 4.98 Å². The minimum atomic E-state index is 0.598. The number of oxazole rings is 1. The number of hydrogen-bond acceptors (Lipinski definition) is 5. The van der Waals surface area contributed by atoms with Crippen molar-refractivity contribution in [1.29, 1.82) is 0 Å². The van der Waals surface area contributed by atoms with Crippen molar-refractivity contribution in [3.05, 3.63) is 176 Å². The van der Waals surface area contributed by atoms with Crippen molar-refractivity contribution in [3.63, 3.8) is 0 Å². The number of hydrogen-bond donors (Lipinski definition) is 0. The second-order valence-electron chi connectivity index (χ2n) is 14.0. The molecule has 6 heteroatoms. The first kappa shape index (κ1) is 30.3. The van der Waals surface area contributed by atoms with Gasteiger partial charge < -0.3 is 18.3 Å². The number of anilines is 3. The summed E-state index contributed by atoms with van der Waals surface area (Å²) in [5.41, 5.74) is 10.6. The average Bonchev–Trinajstić information content (AvgIpc) is 4.01. The number of rotatable bonds is 5. The molecule has 258 valence electrons. The summed E-state index contributed by atoms with van der Waals surface area (Å²) in [5, 5.41) is 6.83. The van der Waals surface area contributed by atoms with Crippen molar-refractivity contribution >= 4 is 103 Å². The number of para-hydroxylation sites is 2. The van der Waals surface area contributed by atoms with Gasteiger partial charge in [-0.15, -0.1) is 11.3 Å². The summed E-state index contributed by atoms with van der Waals surface area (Å²) in [5.74, 6) is 0.598. The van der Waals surface area contributed by atoms with Crippen LogP contribution in [0, 0.1) is 0 Å². The topological polar surface area (TPSA) is 47.3 Å². The minimum absolute atomic E-state index is 0.598. The Morgan fingerprint density at radius 2 is 1.15 bits per heavy atom. The first-order chi connectivity index (χ1) is 27.2. The molecule has 5 nitrogen and oxygen atoms in total. The molecule has 0 fully saturated rings. The molecule has 0 unspecified atom stereocenters. The third kappa shape index (κ3) is 4.62. The number of nitrogens with zero attached hydrogens (tertiary/aromatic N) is 3. The SMILES string of the molecule is c1ccc(-c2nc3ccc4oc5cc(N(c6ccc7sc8ccccc8c7c6)c6ccc7c(c6)c6ccccc6n7-c6ccccc6)ccc5c4c3o2)cc1. The molecule has 0 aliphatic rings. The summed E-state index contributed by atoms with van der Waals surface area (Å²) in [6.45, 7) is 0. The summed E-state index contributed by atoms with van der Waals surface area (Å²) in [4.78, 5) is 7.19. The van der Waals surface area contributed by atoms with E-state index in [0.29, 0.717) is 5.89 Å². The molecule has 0 N–H and O–H groups in total. The molecule has 12 rings (SSSR count). The van der Waals surface area contributed by atoms with E-state index in [1.807, 2.05) is 53.8 Å². The van der Waals surface area contributed by atoms with Crippen LogP contribution in [0.15, 0.2) is 185 Å². The van der Waals surface area contributed by atoms with Crippen LogP contribution in [0.4, 0.5) is 17.1 Å². The molecule has 55 heavy (non-hydrogen) atoms. The first-order valence-corrected chi connectivity index (χ1v) is 19.2. The molecule has 4 heterocycles. The number of fused-ring (bicyclic) bond motifs is 11. The highest BCUT2D eigenvalue weighted by atomic mass is 32.1. The zero-order valence-electron chi connectivity index (χ0n) is 29.3. The number of furan rings is 1. The van der Waals surface area contributed by atoms with E-state index >= 15 is 0 Å². The summed E-state index contributed by atoms with van der Waals surface area (Å²) in [6.07, 6.45) is 0. The van der Waals surface area contributed by atoms with E-state index in [1.165, 1.54) is 36.5 Å². The van der Waals surface area contributed by atoms with Crippen molar-refractivity contribution in [3.8, 4) is 17.1 Å². The molecule has 0 bridgehead atoms. The van der Waals surface area contributed by atoms with Gasteiger partial charge >= 0.3 is 0 Å². The van der Waals surface area contributed by atoms with Gasteiger partial charge in [-0.2, -0.15) is 0 Å². The van der Waals surface area contributed by atoms with Crippen LogP contribution in [0.1, 0.15) is 0 Å². The zero-order valence-corrected chi connectivity index (χ0v) is 30.1. The average molecular weight is 724 g/mol. The van der Waals surface area contributed by atoms with Gasteiger partial charge in [0.2, 0.25) is 5.89 Å². The van der Waals surface area contributed by atoms with Crippen LogP contribution in [-0.4, -0.2) is 9.55 Å². The van der Waals surface area contributed by atoms with E-state index in [2.05, 4.69) is 143 Å². The Hall–Kier alpha value is -7.15. The van der Waals surface area contributed by atoms with Gasteiger partial charge in [0.05, 0.1) is 16.4 Å². The van der Waals surface area contributed by atoms with E-state index in [4.69, 9.17) is 13.8 Å². The van der Waals surface area contributed by atoms with E-state index < -0.39 is 0 Å². The lowest BCUT2D eigenvalue weighted by Crippen LogP contribution is -2.09. The van der Waals surface area contributed by atoms with Crippen LogP contribution in [0.2, 0.25) is 0 Å². The highest BCUT2D eigenvalue weighted by molar-refractivity contribution is 7.25. The van der Waals surface area contributed by atoms with Crippen molar-refractivity contribution in [2.45, 2.75) is 0 Å². The summed E-state index contributed by atoms with van der Waals surface area (Å²) < 4.78 is 18.0. The second kappa shape index (κ2) is 11.7. The lowest BCUT2D eigenvalue weighted by Gasteiger charge is -2.26. The molecular formula is C49H29N3O2S. The maximum atomic E-state index is 6.62. The van der Waals surface area contributed by atoms with Crippen molar-refractivity contribution in [1.82, 2.24) is 9.55 Å². The lowest BCUT2D eigenvalue weighted by atomic mass is 10.1. The van der Waals surface area contributed by atoms with Gasteiger partial charge in [-0.1, -0.05) is 72.8 Å². The Morgan fingerprint density at radius 1 is 0.473 bits per heavy atom. The smallest absolute Gasteiger partial charge is 0.227 e. The Balaban J connectivity index is 1.08. The fourth-order valence-corrected chi connectivity index (χ4v) is 9.42. The highest BCUT2D eigenvalue weighted by Gasteiger charge is 2.21. The Bertz CT molecular complexity index is 3450. The molecule has 8 aromatic carbocycles.